The lowest BCUT2D eigenvalue weighted by atomic mass is 10.2. The maximum absolute atomic E-state index is 11.9. The first-order valence-electron chi connectivity index (χ1n) is 6.61. The normalized spacial score (nSPS) is 10.1. The topological polar surface area (TPSA) is 47.6 Å². The molecule has 0 unspecified atom stereocenters. The third kappa shape index (κ3) is 4.29. The van der Waals surface area contributed by atoms with Gasteiger partial charge in [0.15, 0.2) is 11.5 Å². The van der Waals surface area contributed by atoms with Gasteiger partial charge in [-0.2, -0.15) is 0 Å². The Labute approximate surface area is 138 Å². The van der Waals surface area contributed by atoms with Gasteiger partial charge in [0.25, 0.3) is 5.91 Å². The second-order valence-corrected chi connectivity index (χ2v) is 5.20. The first kappa shape index (κ1) is 16.5. The molecule has 0 aliphatic carbocycles. The number of hydrogen-bond acceptors (Lipinski definition) is 3. The molecule has 1 amide bonds. The molecular weight excluding hydrogens is 325 g/mol. The molecule has 0 aromatic heterocycles. The van der Waals surface area contributed by atoms with Crippen LogP contribution in [0, 0.1) is 0 Å². The van der Waals surface area contributed by atoms with Crippen LogP contribution in [0.1, 0.15) is 10.4 Å². The number of hydrogen-bond donors (Lipinski definition) is 1. The summed E-state index contributed by atoms with van der Waals surface area (Å²) in [5.41, 5.74) is 0.451. The Morgan fingerprint density at radius 2 is 1.82 bits per heavy atom. The summed E-state index contributed by atoms with van der Waals surface area (Å²) >= 11 is 11.7. The van der Waals surface area contributed by atoms with Crippen molar-refractivity contribution in [1.29, 1.82) is 0 Å². The van der Waals surface area contributed by atoms with Crippen LogP contribution in [0.2, 0.25) is 10.0 Å². The van der Waals surface area contributed by atoms with E-state index in [1.165, 1.54) is 6.07 Å². The zero-order valence-corrected chi connectivity index (χ0v) is 13.4. The highest BCUT2D eigenvalue weighted by Gasteiger charge is 2.08. The van der Waals surface area contributed by atoms with Gasteiger partial charge in [-0.05, 0) is 30.3 Å². The predicted octanol–water partition coefficient (Wildman–Crippen LogP) is 3.81. The molecule has 22 heavy (non-hydrogen) atoms. The number of amides is 1. The molecule has 0 heterocycles. The van der Waals surface area contributed by atoms with Gasteiger partial charge in [-0.15, -0.1) is 0 Å². The highest BCUT2D eigenvalue weighted by Crippen LogP contribution is 2.25. The molecule has 0 fully saturated rings. The minimum absolute atomic E-state index is 0.234. The van der Waals surface area contributed by atoms with Crippen molar-refractivity contribution in [3.05, 3.63) is 58.1 Å². The summed E-state index contributed by atoms with van der Waals surface area (Å²) in [4.78, 5) is 11.9. The fraction of sp³-hybridized carbons (Fsp3) is 0.188. The summed E-state index contributed by atoms with van der Waals surface area (Å²) in [5.74, 6) is 1.05. The van der Waals surface area contributed by atoms with Gasteiger partial charge in [0.2, 0.25) is 0 Å². The number of benzene rings is 2. The Morgan fingerprint density at radius 1 is 1.09 bits per heavy atom. The number of carbonyl (C=O) groups excluding carboxylic acids is 1. The maximum Gasteiger partial charge on any atom is 0.251 e. The molecule has 2 aromatic rings. The van der Waals surface area contributed by atoms with Gasteiger partial charge in [-0.25, -0.2) is 0 Å². The smallest absolute Gasteiger partial charge is 0.251 e. The third-order valence-corrected chi connectivity index (χ3v) is 3.64. The average Bonchev–Trinajstić information content (AvgIpc) is 2.54. The number of halogens is 2. The van der Waals surface area contributed by atoms with E-state index in [-0.39, 0.29) is 5.91 Å². The van der Waals surface area contributed by atoms with Crippen molar-refractivity contribution in [3.63, 3.8) is 0 Å². The minimum Gasteiger partial charge on any atom is -0.493 e. The Balaban J connectivity index is 1.83. The van der Waals surface area contributed by atoms with E-state index in [1.807, 2.05) is 18.2 Å². The van der Waals surface area contributed by atoms with Crippen molar-refractivity contribution in [1.82, 2.24) is 5.32 Å². The van der Waals surface area contributed by atoms with Crippen LogP contribution in [0.15, 0.2) is 42.5 Å². The van der Waals surface area contributed by atoms with E-state index in [0.717, 1.165) is 0 Å². The van der Waals surface area contributed by atoms with Gasteiger partial charge in [0.1, 0.15) is 6.61 Å². The van der Waals surface area contributed by atoms with E-state index in [4.69, 9.17) is 32.7 Å². The van der Waals surface area contributed by atoms with Gasteiger partial charge < -0.3 is 14.8 Å². The van der Waals surface area contributed by atoms with E-state index in [2.05, 4.69) is 5.32 Å². The fourth-order valence-corrected chi connectivity index (χ4v) is 2.10. The van der Waals surface area contributed by atoms with Gasteiger partial charge >= 0.3 is 0 Å². The number of para-hydroxylation sites is 2. The molecule has 2 aromatic carbocycles. The first-order valence-corrected chi connectivity index (χ1v) is 7.36. The Hall–Kier alpha value is -1.91. The summed E-state index contributed by atoms with van der Waals surface area (Å²) in [7, 11) is 1.58. The average molecular weight is 340 g/mol. The molecule has 0 saturated carbocycles. The molecule has 0 aliphatic rings. The molecule has 0 aliphatic heterocycles. The third-order valence-electron chi connectivity index (χ3n) is 2.90. The highest BCUT2D eigenvalue weighted by molar-refractivity contribution is 6.42. The molecule has 6 heteroatoms. The lowest BCUT2D eigenvalue weighted by Crippen LogP contribution is -2.28. The number of methoxy groups -OCH3 is 1. The van der Waals surface area contributed by atoms with Crippen molar-refractivity contribution in [2.24, 2.45) is 0 Å². The van der Waals surface area contributed by atoms with Gasteiger partial charge in [-0.3, -0.25) is 4.79 Å². The summed E-state index contributed by atoms with van der Waals surface area (Å²) in [6.45, 7) is 0.685. The second-order valence-electron chi connectivity index (χ2n) is 4.38. The molecule has 0 bridgehead atoms. The lowest BCUT2D eigenvalue weighted by molar-refractivity contribution is 0.0947. The van der Waals surface area contributed by atoms with Crippen molar-refractivity contribution in [2.45, 2.75) is 0 Å². The van der Waals surface area contributed by atoms with Crippen LogP contribution < -0.4 is 14.8 Å². The number of carbonyl (C=O) groups is 1. The van der Waals surface area contributed by atoms with Gasteiger partial charge in [-0.1, -0.05) is 35.3 Å². The van der Waals surface area contributed by atoms with Crippen LogP contribution in [-0.2, 0) is 0 Å². The standard InChI is InChI=1S/C16H15Cl2NO3/c1-21-14-4-2-3-5-15(14)22-9-8-19-16(20)11-6-7-12(17)13(18)10-11/h2-7,10H,8-9H2,1H3,(H,19,20). The molecule has 0 spiro atoms. The quantitative estimate of drug-likeness (QED) is 0.814. The molecule has 0 saturated heterocycles. The van der Waals surface area contributed by atoms with Crippen LogP contribution in [0.5, 0.6) is 11.5 Å². The molecule has 4 nitrogen and oxygen atoms in total. The number of nitrogens with one attached hydrogen (secondary N) is 1. The van der Waals surface area contributed by atoms with Crippen LogP contribution in [0.4, 0.5) is 0 Å². The Kier molecular flexibility index (Phi) is 5.92. The van der Waals surface area contributed by atoms with E-state index in [9.17, 15) is 4.79 Å². The lowest BCUT2D eigenvalue weighted by Gasteiger charge is -2.11. The fourth-order valence-electron chi connectivity index (χ4n) is 1.80. The molecule has 0 atom stereocenters. The maximum atomic E-state index is 11.9. The molecular formula is C16H15Cl2NO3. The molecule has 0 radical (unpaired) electrons. The molecule has 1 N–H and O–H groups in total. The summed E-state index contributed by atoms with van der Waals surface area (Å²) < 4.78 is 10.7. The van der Waals surface area contributed by atoms with Crippen molar-refractivity contribution < 1.29 is 14.3 Å². The van der Waals surface area contributed by atoms with E-state index >= 15 is 0 Å². The van der Waals surface area contributed by atoms with Crippen LogP contribution in [-0.4, -0.2) is 26.2 Å². The van der Waals surface area contributed by atoms with E-state index in [0.29, 0.717) is 40.3 Å². The summed E-state index contributed by atoms with van der Waals surface area (Å²) in [5, 5.41) is 3.51. The summed E-state index contributed by atoms with van der Waals surface area (Å²) in [6.07, 6.45) is 0. The zero-order valence-electron chi connectivity index (χ0n) is 11.9. The molecule has 116 valence electrons. The summed E-state index contributed by atoms with van der Waals surface area (Å²) in [6, 6.07) is 12.1. The van der Waals surface area contributed by atoms with Gasteiger partial charge in [0, 0.05) is 5.56 Å². The molecule has 2 rings (SSSR count). The Bertz CT molecular complexity index is 662. The van der Waals surface area contributed by atoms with Crippen molar-refractivity contribution >= 4 is 29.1 Å². The van der Waals surface area contributed by atoms with Crippen LogP contribution >= 0.6 is 23.2 Å². The van der Waals surface area contributed by atoms with E-state index in [1.54, 1.807) is 25.3 Å². The number of ether oxygens (including phenoxy) is 2. The second kappa shape index (κ2) is 7.92. The SMILES string of the molecule is COc1ccccc1OCCNC(=O)c1ccc(Cl)c(Cl)c1. The first-order chi connectivity index (χ1) is 10.6. The van der Waals surface area contributed by atoms with E-state index < -0.39 is 0 Å². The largest absolute Gasteiger partial charge is 0.493 e. The monoisotopic (exact) mass is 339 g/mol. The Morgan fingerprint density at radius 3 is 2.50 bits per heavy atom. The van der Waals surface area contributed by atoms with Gasteiger partial charge in [0.05, 0.1) is 23.7 Å². The van der Waals surface area contributed by atoms with Crippen LogP contribution in [0.25, 0.3) is 0 Å². The van der Waals surface area contributed by atoms with Crippen LogP contribution in [0.3, 0.4) is 0 Å². The zero-order chi connectivity index (χ0) is 15.9. The van der Waals surface area contributed by atoms with Crippen molar-refractivity contribution in [2.75, 3.05) is 20.3 Å². The minimum atomic E-state index is -0.234. The predicted molar refractivity (Wildman–Crippen MR) is 87.3 cm³/mol. The number of rotatable bonds is 6. The highest BCUT2D eigenvalue weighted by atomic mass is 35.5. The van der Waals surface area contributed by atoms with Crippen molar-refractivity contribution in [3.8, 4) is 11.5 Å².